The molecule has 0 saturated carbocycles. The molecular formula is C16H25Cl2NO10. The number of cyclic esters (lactones) is 2. The number of hydrogen-bond donors (Lipinski definition) is 3. The molecule has 0 spiro atoms. The molecule has 168 valence electrons. The van der Waals surface area contributed by atoms with E-state index in [4.69, 9.17) is 38.5 Å². The molecule has 3 N–H and O–H groups in total. The first kappa shape index (κ1) is 29.3. The Balaban J connectivity index is 0. The summed E-state index contributed by atoms with van der Waals surface area (Å²) < 4.78 is 4.61. The van der Waals surface area contributed by atoms with Crippen LogP contribution in [-0.2, 0) is 28.7 Å². The second-order valence-electron chi connectivity index (χ2n) is 6.96. The highest BCUT2D eigenvalue weighted by atomic mass is 35.5. The van der Waals surface area contributed by atoms with Crippen molar-refractivity contribution in [1.82, 2.24) is 0 Å². The number of carbonyl (C=O) groups excluding carboxylic acids is 3. The predicted octanol–water partition coefficient (Wildman–Crippen LogP) is -1.20. The Morgan fingerprint density at radius 3 is 1.79 bits per heavy atom. The number of aliphatic hydroxyl groups excluding tert-OH is 1. The number of nitrogens with zero attached hydrogens (tertiary/aromatic N) is 1. The number of aliphatic hydroxyl groups is 1. The van der Waals surface area contributed by atoms with Crippen molar-refractivity contribution in [1.29, 1.82) is 0 Å². The summed E-state index contributed by atoms with van der Waals surface area (Å²) in [6.45, 7) is 0.425. The van der Waals surface area contributed by atoms with Crippen LogP contribution >= 0.6 is 23.2 Å². The van der Waals surface area contributed by atoms with E-state index in [9.17, 15) is 29.1 Å². The molecule has 1 saturated heterocycles. The molecule has 13 heteroatoms. The largest absolute Gasteiger partial charge is 0.550 e. The second kappa shape index (κ2) is 14.1. The Morgan fingerprint density at radius 2 is 1.59 bits per heavy atom. The molecule has 1 rings (SSSR count). The van der Waals surface area contributed by atoms with Crippen molar-refractivity contribution in [3.63, 3.8) is 0 Å². The summed E-state index contributed by atoms with van der Waals surface area (Å²) in [6, 6.07) is 0. The van der Waals surface area contributed by atoms with Crippen LogP contribution in [0.15, 0.2) is 0 Å². The molecule has 0 aromatic rings. The fourth-order valence-corrected chi connectivity index (χ4v) is 2.22. The Labute approximate surface area is 177 Å². The predicted molar refractivity (Wildman–Crippen MR) is 98.0 cm³/mol. The number of rotatable bonds is 8. The van der Waals surface area contributed by atoms with Crippen molar-refractivity contribution in [2.24, 2.45) is 0 Å². The van der Waals surface area contributed by atoms with Gasteiger partial charge in [-0.1, -0.05) is 0 Å². The number of carboxylic acid groups (broad SMARTS) is 3. The number of quaternary nitrogens is 1. The lowest BCUT2D eigenvalue weighted by atomic mass is 10.2. The zero-order valence-electron chi connectivity index (χ0n) is 16.2. The van der Waals surface area contributed by atoms with Crippen molar-refractivity contribution < 1.29 is 53.6 Å². The van der Waals surface area contributed by atoms with Gasteiger partial charge in [-0.15, -0.1) is 23.2 Å². The van der Waals surface area contributed by atoms with Gasteiger partial charge in [-0.2, -0.15) is 0 Å². The molecule has 0 aromatic heterocycles. The van der Waals surface area contributed by atoms with Gasteiger partial charge in [0.1, 0.15) is 18.0 Å². The van der Waals surface area contributed by atoms with Crippen LogP contribution in [-0.4, -0.2) is 94.2 Å². The minimum absolute atomic E-state index is 0.0143. The minimum Gasteiger partial charge on any atom is -0.550 e. The van der Waals surface area contributed by atoms with Gasteiger partial charge in [-0.25, -0.2) is 4.79 Å². The molecule has 1 fully saturated rings. The van der Waals surface area contributed by atoms with Gasteiger partial charge in [0.25, 0.3) is 0 Å². The lowest BCUT2D eigenvalue weighted by Gasteiger charge is -2.26. The molecule has 0 amide bonds. The Bertz CT molecular complexity index is 575. The molecule has 1 aliphatic rings. The highest BCUT2D eigenvalue weighted by Crippen LogP contribution is 2.13. The van der Waals surface area contributed by atoms with E-state index in [1.807, 2.05) is 21.1 Å². The number of carbonyl (C=O) groups is 5. The van der Waals surface area contributed by atoms with Crippen molar-refractivity contribution in [2.45, 2.75) is 42.5 Å². The third-order valence-electron chi connectivity index (χ3n) is 2.77. The standard InChI is InChI=1S/C7H15NO3.C5H7ClO4.C4H3ClO3/c1-8(2,3)5-6(9)4-7(10)11;6-3(1-4(7)8)2-5(9)10;5-2-1-3(6)8-4(2)7/h6,9H,4-5H2,1-3H3;3H,1-2H2,(H,7,8)(H,9,10);2H,1H2/t6-;;2-/m1.0/s1. The van der Waals surface area contributed by atoms with Crippen molar-refractivity contribution in [3.05, 3.63) is 0 Å². The van der Waals surface area contributed by atoms with E-state index in [1.54, 1.807) is 0 Å². The third kappa shape index (κ3) is 20.6. The van der Waals surface area contributed by atoms with E-state index < -0.39 is 46.7 Å². The average Bonchev–Trinajstić information content (AvgIpc) is 2.71. The SMILES string of the molecule is C[N+](C)(C)C[C@H](O)CC(=O)[O-].O=C(O)CC(Cl)CC(=O)O.O=C1C[C@H](Cl)C(=O)O1. The fourth-order valence-electron chi connectivity index (χ4n) is 1.79. The van der Waals surface area contributed by atoms with Gasteiger partial charge in [0.15, 0.2) is 0 Å². The molecule has 0 bridgehead atoms. The van der Waals surface area contributed by atoms with Crippen LogP contribution in [0.1, 0.15) is 25.7 Å². The summed E-state index contributed by atoms with van der Waals surface area (Å²) in [4.78, 5) is 50.2. The van der Waals surface area contributed by atoms with E-state index in [-0.39, 0.29) is 25.7 Å². The van der Waals surface area contributed by atoms with Gasteiger partial charge in [0.2, 0.25) is 0 Å². The number of aliphatic carboxylic acids is 3. The monoisotopic (exact) mass is 461 g/mol. The number of carboxylic acids is 3. The Morgan fingerprint density at radius 1 is 1.14 bits per heavy atom. The van der Waals surface area contributed by atoms with Crippen LogP contribution in [0.5, 0.6) is 0 Å². The molecule has 1 aliphatic heterocycles. The molecule has 0 aromatic carbocycles. The van der Waals surface area contributed by atoms with Crippen LogP contribution in [0.2, 0.25) is 0 Å². The van der Waals surface area contributed by atoms with E-state index >= 15 is 0 Å². The molecule has 1 heterocycles. The van der Waals surface area contributed by atoms with E-state index in [1.165, 1.54) is 0 Å². The molecule has 29 heavy (non-hydrogen) atoms. The fraction of sp³-hybridized carbons (Fsp3) is 0.688. The maximum atomic E-state index is 10.2. The molecule has 0 unspecified atom stereocenters. The lowest BCUT2D eigenvalue weighted by Crippen LogP contribution is -2.43. The first-order chi connectivity index (χ1) is 13.0. The molecule has 0 radical (unpaired) electrons. The summed E-state index contributed by atoms with van der Waals surface area (Å²) in [5, 5.41) is 33.8. The number of alkyl halides is 2. The second-order valence-corrected chi connectivity index (χ2v) is 8.10. The van der Waals surface area contributed by atoms with Crippen LogP contribution in [0.25, 0.3) is 0 Å². The summed E-state index contributed by atoms with van der Waals surface area (Å²) in [6.07, 6.45) is -1.70. The average molecular weight is 462 g/mol. The molecular weight excluding hydrogens is 437 g/mol. The van der Waals surface area contributed by atoms with Gasteiger partial charge in [0.05, 0.1) is 45.8 Å². The highest BCUT2D eigenvalue weighted by Gasteiger charge is 2.31. The van der Waals surface area contributed by atoms with E-state index in [0.29, 0.717) is 11.0 Å². The van der Waals surface area contributed by atoms with Crippen LogP contribution in [0, 0.1) is 0 Å². The summed E-state index contributed by atoms with van der Waals surface area (Å²) in [5.74, 6) is -4.53. The number of hydrogen-bond acceptors (Lipinski definition) is 8. The van der Waals surface area contributed by atoms with Gasteiger partial charge < -0.3 is 34.4 Å². The summed E-state index contributed by atoms with van der Waals surface area (Å²) >= 11 is 10.6. The number of likely N-dealkylation sites (N-methyl/N-ethyl adjacent to an activating group) is 1. The smallest absolute Gasteiger partial charge is 0.332 e. The van der Waals surface area contributed by atoms with Gasteiger partial charge in [-0.3, -0.25) is 14.4 Å². The van der Waals surface area contributed by atoms with Crippen molar-refractivity contribution in [3.8, 4) is 0 Å². The lowest BCUT2D eigenvalue weighted by molar-refractivity contribution is -0.873. The zero-order valence-corrected chi connectivity index (χ0v) is 17.7. The van der Waals surface area contributed by atoms with Crippen molar-refractivity contribution in [2.75, 3.05) is 27.7 Å². The van der Waals surface area contributed by atoms with Crippen LogP contribution in [0.4, 0.5) is 0 Å². The summed E-state index contributed by atoms with van der Waals surface area (Å²) in [5.41, 5.74) is 0. The molecule has 0 aliphatic carbocycles. The first-order valence-electron chi connectivity index (χ1n) is 8.18. The summed E-state index contributed by atoms with van der Waals surface area (Å²) in [7, 11) is 5.66. The first-order valence-corrected chi connectivity index (χ1v) is 9.05. The Hall–Kier alpha value is -1.95. The maximum Gasteiger partial charge on any atom is 0.332 e. The van der Waals surface area contributed by atoms with E-state index in [0.717, 1.165) is 0 Å². The van der Waals surface area contributed by atoms with Gasteiger partial charge >= 0.3 is 23.9 Å². The zero-order chi connectivity index (χ0) is 23.4. The third-order valence-corrected chi connectivity index (χ3v) is 3.41. The molecule has 2 atom stereocenters. The van der Waals surface area contributed by atoms with Crippen LogP contribution < -0.4 is 5.11 Å². The number of esters is 2. The maximum absolute atomic E-state index is 10.2. The highest BCUT2D eigenvalue weighted by molar-refractivity contribution is 6.33. The number of ether oxygens (including phenoxy) is 1. The van der Waals surface area contributed by atoms with Gasteiger partial charge in [-0.05, 0) is 0 Å². The van der Waals surface area contributed by atoms with E-state index in [2.05, 4.69) is 4.74 Å². The quantitative estimate of drug-likeness (QED) is 0.172. The topological polar surface area (TPSA) is 178 Å². The van der Waals surface area contributed by atoms with Crippen LogP contribution in [0.3, 0.4) is 0 Å². The van der Waals surface area contributed by atoms with Crippen molar-refractivity contribution >= 4 is 53.0 Å². The van der Waals surface area contributed by atoms with Gasteiger partial charge in [0, 0.05) is 12.4 Å². The number of halogens is 2. The molecule has 11 nitrogen and oxygen atoms in total. The Kier molecular flexibility index (Phi) is 14.2. The minimum atomic E-state index is -1.20. The normalized spacial score (nSPS) is 16.7.